The van der Waals surface area contributed by atoms with Crippen LogP contribution >= 0.6 is 12.4 Å². The quantitative estimate of drug-likeness (QED) is 0.693. The first-order chi connectivity index (χ1) is 5.16. The fourth-order valence-corrected chi connectivity index (χ4v) is 0.454. The molecule has 6 heteroatoms. The molecule has 0 heterocycles. The summed E-state index contributed by atoms with van der Waals surface area (Å²) in [5, 5.41) is 10.4. The second-order valence-electron chi connectivity index (χ2n) is 1.79. The van der Waals surface area contributed by atoms with Crippen LogP contribution in [0.3, 0.4) is 0 Å². The average Bonchev–Trinajstić information content (AvgIpc) is 1.87. The fraction of sp³-hybridized carbons (Fsp3) is 0.667. The van der Waals surface area contributed by atoms with Crippen molar-refractivity contribution in [1.82, 2.24) is 5.32 Å². The van der Waals surface area contributed by atoms with Crippen LogP contribution in [-0.2, 0) is 9.53 Å². The van der Waals surface area contributed by atoms with E-state index in [0.717, 1.165) is 0 Å². The van der Waals surface area contributed by atoms with Crippen molar-refractivity contribution in [1.29, 1.82) is 0 Å². The first-order valence-electron chi connectivity index (χ1n) is 3.29. The Morgan fingerprint density at radius 1 is 1.50 bits per heavy atom. The summed E-state index contributed by atoms with van der Waals surface area (Å²) in [4.78, 5) is 20.4. The van der Waals surface area contributed by atoms with Crippen molar-refractivity contribution < 1.29 is 19.4 Å². The highest BCUT2D eigenvalue weighted by atomic mass is 35.5. The van der Waals surface area contributed by atoms with E-state index < -0.39 is 12.1 Å². The van der Waals surface area contributed by atoms with E-state index in [2.05, 4.69) is 10.1 Å². The number of hydrogen-bond donors (Lipinski definition) is 2. The minimum absolute atomic E-state index is 0. The van der Waals surface area contributed by atoms with Crippen molar-refractivity contribution in [2.75, 3.05) is 13.2 Å². The van der Waals surface area contributed by atoms with Gasteiger partial charge in [-0.15, -0.1) is 12.4 Å². The lowest BCUT2D eigenvalue weighted by atomic mass is 10.4. The first kappa shape index (κ1) is 13.6. The van der Waals surface area contributed by atoms with Crippen LogP contribution in [0.2, 0.25) is 0 Å². The van der Waals surface area contributed by atoms with Gasteiger partial charge in [-0.2, -0.15) is 0 Å². The van der Waals surface area contributed by atoms with Crippen LogP contribution in [0.15, 0.2) is 0 Å². The van der Waals surface area contributed by atoms with Gasteiger partial charge in [-0.3, -0.25) is 4.79 Å². The van der Waals surface area contributed by atoms with Crippen molar-refractivity contribution in [3.8, 4) is 0 Å². The third-order valence-corrected chi connectivity index (χ3v) is 0.884. The summed E-state index contributed by atoms with van der Waals surface area (Å²) in [7, 11) is 0. The van der Waals surface area contributed by atoms with E-state index in [-0.39, 0.29) is 25.4 Å². The van der Waals surface area contributed by atoms with Gasteiger partial charge in [0.25, 0.3) is 0 Å². The maximum absolute atomic E-state index is 10.5. The minimum Gasteiger partial charge on any atom is -0.481 e. The molecule has 0 aliphatic rings. The summed E-state index contributed by atoms with van der Waals surface area (Å²) in [5.74, 6) is -0.943. The topological polar surface area (TPSA) is 75.6 Å². The number of carbonyl (C=O) groups is 2. The van der Waals surface area contributed by atoms with Gasteiger partial charge in [-0.05, 0) is 6.92 Å². The fourth-order valence-electron chi connectivity index (χ4n) is 0.454. The molecular formula is C6H12ClNO4. The van der Waals surface area contributed by atoms with Gasteiger partial charge in [0, 0.05) is 6.54 Å². The standard InChI is InChI=1S/C6H11NO4.ClH/c1-2-11-6(10)7-4-3-5(8)9;/h2-4H2,1H3,(H,7,10)(H,8,9);1H. The Morgan fingerprint density at radius 2 is 2.08 bits per heavy atom. The lowest BCUT2D eigenvalue weighted by molar-refractivity contribution is -0.136. The van der Waals surface area contributed by atoms with E-state index in [0.29, 0.717) is 6.61 Å². The molecule has 0 aliphatic carbocycles. The smallest absolute Gasteiger partial charge is 0.407 e. The molecule has 0 aliphatic heterocycles. The molecule has 0 radical (unpaired) electrons. The summed E-state index contributed by atoms with van der Waals surface area (Å²) < 4.78 is 4.48. The zero-order valence-corrected chi connectivity index (χ0v) is 7.52. The Labute approximate surface area is 76.5 Å². The van der Waals surface area contributed by atoms with Gasteiger partial charge in [-0.1, -0.05) is 0 Å². The molecule has 0 saturated carbocycles. The summed E-state index contributed by atoms with van der Waals surface area (Å²) in [5.41, 5.74) is 0. The van der Waals surface area contributed by atoms with Crippen molar-refractivity contribution in [3.63, 3.8) is 0 Å². The first-order valence-corrected chi connectivity index (χ1v) is 3.29. The third kappa shape index (κ3) is 9.03. The Balaban J connectivity index is 0. The normalized spacial score (nSPS) is 8.08. The van der Waals surface area contributed by atoms with E-state index >= 15 is 0 Å². The summed E-state index contributed by atoms with van der Waals surface area (Å²) >= 11 is 0. The number of aliphatic carboxylic acids is 1. The monoisotopic (exact) mass is 197 g/mol. The van der Waals surface area contributed by atoms with Crippen LogP contribution in [-0.4, -0.2) is 30.3 Å². The molecule has 0 unspecified atom stereocenters. The predicted octanol–water partition coefficient (Wildman–Crippen LogP) is 0.629. The van der Waals surface area contributed by atoms with Crippen LogP contribution in [0.5, 0.6) is 0 Å². The van der Waals surface area contributed by atoms with Crippen molar-refractivity contribution in [2.45, 2.75) is 13.3 Å². The van der Waals surface area contributed by atoms with Crippen LogP contribution in [0, 0.1) is 0 Å². The number of hydrogen-bond acceptors (Lipinski definition) is 3. The summed E-state index contributed by atoms with van der Waals surface area (Å²) in [6.07, 6.45) is -0.660. The third-order valence-electron chi connectivity index (χ3n) is 0.884. The maximum Gasteiger partial charge on any atom is 0.407 e. The van der Waals surface area contributed by atoms with Gasteiger partial charge in [0.15, 0.2) is 0 Å². The molecule has 12 heavy (non-hydrogen) atoms. The molecule has 0 spiro atoms. The number of amides is 1. The van der Waals surface area contributed by atoms with Gasteiger partial charge in [0.05, 0.1) is 13.0 Å². The Morgan fingerprint density at radius 3 is 2.50 bits per heavy atom. The highest BCUT2D eigenvalue weighted by molar-refractivity contribution is 5.85. The molecule has 0 rings (SSSR count). The zero-order valence-electron chi connectivity index (χ0n) is 6.70. The molecule has 1 amide bonds. The highest BCUT2D eigenvalue weighted by Crippen LogP contribution is 1.78. The van der Waals surface area contributed by atoms with Gasteiger partial charge in [0.2, 0.25) is 0 Å². The number of carboxylic acid groups (broad SMARTS) is 1. The zero-order chi connectivity index (χ0) is 8.69. The van der Waals surface area contributed by atoms with E-state index in [9.17, 15) is 9.59 Å². The van der Waals surface area contributed by atoms with Crippen molar-refractivity contribution in [2.24, 2.45) is 0 Å². The van der Waals surface area contributed by atoms with Crippen molar-refractivity contribution in [3.05, 3.63) is 0 Å². The van der Waals surface area contributed by atoms with E-state index in [1.54, 1.807) is 6.92 Å². The Hall–Kier alpha value is -0.970. The van der Waals surface area contributed by atoms with Crippen molar-refractivity contribution >= 4 is 24.5 Å². The molecule has 2 N–H and O–H groups in total. The number of nitrogens with one attached hydrogen (secondary N) is 1. The highest BCUT2D eigenvalue weighted by Gasteiger charge is 2.00. The van der Waals surface area contributed by atoms with Gasteiger partial charge < -0.3 is 15.2 Å². The number of carbonyl (C=O) groups excluding carboxylic acids is 1. The molecule has 0 aromatic carbocycles. The molecule has 0 saturated heterocycles. The van der Waals surface area contributed by atoms with E-state index in [4.69, 9.17) is 5.11 Å². The van der Waals surface area contributed by atoms with Crippen LogP contribution in [0.25, 0.3) is 0 Å². The molecule has 72 valence electrons. The number of carboxylic acids is 1. The molecule has 0 fully saturated rings. The van der Waals surface area contributed by atoms with Gasteiger partial charge in [0.1, 0.15) is 0 Å². The van der Waals surface area contributed by atoms with Crippen LogP contribution < -0.4 is 5.32 Å². The summed E-state index contributed by atoms with van der Waals surface area (Å²) in [6, 6.07) is 0. The number of halogens is 1. The molecular weight excluding hydrogens is 186 g/mol. The number of alkyl carbamates (subject to hydrolysis) is 1. The lowest BCUT2D eigenvalue weighted by Gasteiger charge is -2.01. The Kier molecular flexibility index (Phi) is 9.22. The largest absolute Gasteiger partial charge is 0.481 e. The summed E-state index contributed by atoms with van der Waals surface area (Å²) in [6.45, 7) is 2.07. The predicted molar refractivity (Wildman–Crippen MR) is 44.5 cm³/mol. The second kappa shape index (κ2) is 8.13. The van der Waals surface area contributed by atoms with Gasteiger partial charge in [-0.25, -0.2) is 4.79 Å². The average molecular weight is 198 g/mol. The Bertz CT molecular complexity index is 150. The maximum atomic E-state index is 10.5. The molecule has 0 aromatic heterocycles. The second-order valence-corrected chi connectivity index (χ2v) is 1.79. The molecule has 0 atom stereocenters. The number of rotatable bonds is 4. The lowest BCUT2D eigenvalue weighted by Crippen LogP contribution is -2.26. The molecule has 5 nitrogen and oxygen atoms in total. The SMILES string of the molecule is CCOC(=O)NCCC(=O)O.Cl. The number of ether oxygens (including phenoxy) is 1. The van der Waals surface area contributed by atoms with Crippen LogP contribution in [0.1, 0.15) is 13.3 Å². The van der Waals surface area contributed by atoms with Crippen LogP contribution in [0.4, 0.5) is 4.79 Å². The molecule has 0 aromatic rings. The van der Waals surface area contributed by atoms with Gasteiger partial charge >= 0.3 is 12.1 Å². The minimum atomic E-state index is -0.943. The van der Waals surface area contributed by atoms with E-state index in [1.165, 1.54) is 0 Å². The van der Waals surface area contributed by atoms with E-state index in [1.807, 2.05) is 0 Å². The molecule has 0 bridgehead atoms.